The Morgan fingerprint density at radius 2 is 1.84 bits per heavy atom. The first kappa shape index (κ1) is 13.9. The number of hydrogen-bond donors (Lipinski definition) is 1. The largest absolute Gasteiger partial charge is 0.478 e. The monoisotopic (exact) mass is 283 g/mol. The van der Waals surface area contributed by atoms with Gasteiger partial charge in [0.15, 0.2) is 0 Å². The molecule has 19 heavy (non-hydrogen) atoms. The van der Waals surface area contributed by atoms with Gasteiger partial charge in [-0.3, -0.25) is 4.31 Å². The topological polar surface area (TPSA) is 74.7 Å². The lowest BCUT2D eigenvalue weighted by atomic mass is 10.2. The second-order valence-electron chi connectivity index (χ2n) is 4.74. The molecule has 1 fully saturated rings. The molecule has 0 saturated heterocycles. The van der Waals surface area contributed by atoms with E-state index < -0.39 is 16.0 Å². The third kappa shape index (κ3) is 2.58. The standard InChI is InChI=1S/C13H17NO4S/c1-14(19(17,18)10-6-2-3-7-10)12-9-5-4-8-11(12)13(15)16/h4-5,8-10H,2-3,6-7H2,1H3,(H,15,16). The fourth-order valence-corrected chi connectivity index (χ4v) is 4.29. The second kappa shape index (κ2) is 5.21. The van der Waals surface area contributed by atoms with Crippen molar-refractivity contribution in [1.29, 1.82) is 0 Å². The number of para-hydroxylation sites is 1. The van der Waals surface area contributed by atoms with Crippen molar-refractivity contribution >= 4 is 21.7 Å². The SMILES string of the molecule is CN(c1ccccc1C(=O)O)S(=O)(=O)C1CCCC1. The van der Waals surface area contributed by atoms with Crippen LogP contribution in [-0.4, -0.2) is 31.8 Å². The minimum Gasteiger partial charge on any atom is -0.478 e. The van der Waals surface area contributed by atoms with E-state index in [2.05, 4.69) is 0 Å². The minimum atomic E-state index is -3.48. The van der Waals surface area contributed by atoms with Crippen LogP contribution in [0.5, 0.6) is 0 Å². The fraction of sp³-hybridized carbons (Fsp3) is 0.462. The highest BCUT2D eigenvalue weighted by Gasteiger charge is 2.33. The van der Waals surface area contributed by atoms with Crippen molar-refractivity contribution in [3.8, 4) is 0 Å². The number of hydrogen-bond acceptors (Lipinski definition) is 3. The maximum atomic E-state index is 12.4. The summed E-state index contributed by atoms with van der Waals surface area (Å²) in [5.41, 5.74) is 0.230. The molecule has 0 aliphatic heterocycles. The summed E-state index contributed by atoms with van der Waals surface area (Å²) in [7, 11) is -2.05. The smallest absolute Gasteiger partial charge is 0.337 e. The maximum absolute atomic E-state index is 12.4. The molecule has 6 heteroatoms. The summed E-state index contributed by atoms with van der Waals surface area (Å²) in [6.07, 6.45) is 3.14. The Labute approximate surface area is 112 Å². The molecule has 1 aromatic rings. The molecule has 1 aliphatic rings. The molecule has 104 valence electrons. The van der Waals surface area contributed by atoms with Crippen molar-refractivity contribution < 1.29 is 18.3 Å². The highest BCUT2D eigenvalue weighted by Crippen LogP contribution is 2.30. The molecular weight excluding hydrogens is 266 g/mol. The molecule has 1 N–H and O–H groups in total. The van der Waals surface area contributed by atoms with Gasteiger partial charge < -0.3 is 5.11 Å². The molecule has 1 aromatic carbocycles. The van der Waals surface area contributed by atoms with Gasteiger partial charge in [0, 0.05) is 7.05 Å². The lowest BCUT2D eigenvalue weighted by molar-refractivity contribution is 0.0698. The number of anilines is 1. The Balaban J connectivity index is 2.39. The van der Waals surface area contributed by atoms with E-state index in [1.54, 1.807) is 12.1 Å². The van der Waals surface area contributed by atoms with Gasteiger partial charge in [-0.05, 0) is 25.0 Å². The Bertz CT molecular complexity index is 576. The molecule has 0 spiro atoms. The van der Waals surface area contributed by atoms with Crippen LogP contribution in [-0.2, 0) is 10.0 Å². The van der Waals surface area contributed by atoms with E-state index in [9.17, 15) is 13.2 Å². The van der Waals surface area contributed by atoms with Crippen molar-refractivity contribution in [3.05, 3.63) is 29.8 Å². The number of nitrogens with zero attached hydrogens (tertiary/aromatic N) is 1. The summed E-state index contributed by atoms with van der Waals surface area (Å²) >= 11 is 0. The predicted octanol–water partition coefficient (Wildman–Crippen LogP) is 2.09. The van der Waals surface area contributed by atoms with Crippen molar-refractivity contribution in [3.63, 3.8) is 0 Å². The van der Waals surface area contributed by atoms with Crippen LogP contribution in [0.25, 0.3) is 0 Å². The van der Waals surface area contributed by atoms with E-state index in [1.807, 2.05) is 0 Å². The lowest BCUT2D eigenvalue weighted by Gasteiger charge is -2.24. The van der Waals surface area contributed by atoms with Crippen LogP contribution in [0.1, 0.15) is 36.0 Å². The van der Waals surface area contributed by atoms with Crippen LogP contribution in [0, 0.1) is 0 Å². The van der Waals surface area contributed by atoms with Gasteiger partial charge in [-0.2, -0.15) is 0 Å². The van der Waals surface area contributed by atoms with Gasteiger partial charge in [-0.25, -0.2) is 13.2 Å². The van der Waals surface area contributed by atoms with Crippen molar-refractivity contribution in [2.24, 2.45) is 0 Å². The van der Waals surface area contributed by atoms with E-state index in [1.165, 1.54) is 19.2 Å². The molecule has 5 nitrogen and oxygen atoms in total. The molecule has 0 radical (unpaired) electrons. The average molecular weight is 283 g/mol. The van der Waals surface area contributed by atoms with E-state index in [0.29, 0.717) is 12.8 Å². The van der Waals surface area contributed by atoms with Crippen LogP contribution < -0.4 is 4.31 Å². The summed E-state index contributed by atoms with van der Waals surface area (Å²) in [6.45, 7) is 0. The van der Waals surface area contributed by atoms with Gasteiger partial charge in [0.05, 0.1) is 16.5 Å². The van der Waals surface area contributed by atoms with E-state index in [-0.39, 0.29) is 16.5 Å². The van der Waals surface area contributed by atoms with Gasteiger partial charge in [0.2, 0.25) is 10.0 Å². The Kier molecular flexibility index (Phi) is 3.80. The average Bonchev–Trinajstić information content (AvgIpc) is 2.92. The van der Waals surface area contributed by atoms with Gasteiger partial charge in [0.25, 0.3) is 0 Å². The summed E-state index contributed by atoms with van der Waals surface area (Å²) in [6, 6.07) is 6.17. The molecule has 1 saturated carbocycles. The zero-order valence-electron chi connectivity index (χ0n) is 10.7. The summed E-state index contributed by atoms with van der Waals surface area (Å²) in [4.78, 5) is 11.2. The Morgan fingerprint density at radius 1 is 1.26 bits per heavy atom. The van der Waals surface area contributed by atoms with Crippen LogP contribution in [0.4, 0.5) is 5.69 Å². The number of aromatic carboxylic acids is 1. The van der Waals surface area contributed by atoms with Crippen LogP contribution in [0.3, 0.4) is 0 Å². The quantitative estimate of drug-likeness (QED) is 0.918. The number of carbonyl (C=O) groups is 1. The summed E-state index contributed by atoms with van der Waals surface area (Å²) in [5, 5.41) is 8.73. The molecule has 0 bridgehead atoms. The predicted molar refractivity (Wildman–Crippen MR) is 73.0 cm³/mol. The van der Waals surface area contributed by atoms with E-state index in [0.717, 1.165) is 17.1 Å². The molecule has 0 unspecified atom stereocenters. The number of rotatable bonds is 4. The Morgan fingerprint density at radius 3 is 2.42 bits per heavy atom. The molecule has 0 heterocycles. The molecule has 1 aliphatic carbocycles. The third-order valence-corrected chi connectivity index (χ3v) is 5.85. The molecular formula is C13H17NO4S. The molecule has 2 rings (SSSR count). The van der Waals surface area contributed by atoms with Crippen LogP contribution >= 0.6 is 0 Å². The van der Waals surface area contributed by atoms with E-state index in [4.69, 9.17) is 5.11 Å². The maximum Gasteiger partial charge on any atom is 0.337 e. The second-order valence-corrected chi connectivity index (χ2v) is 6.99. The first-order valence-electron chi connectivity index (χ1n) is 6.24. The van der Waals surface area contributed by atoms with Crippen molar-refractivity contribution in [1.82, 2.24) is 0 Å². The van der Waals surface area contributed by atoms with Crippen molar-refractivity contribution in [2.75, 3.05) is 11.4 Å². The molecule has 0 atom stereocenters. The first-order valence-corrected chi connectivity index (χ1v) is 7.75. The Hall–Kier alpha value is -1.56. The zero-order chi connectivity index (χ0) is 14.0. The van der Waals surface area contributed by atoms with Crippen LogP contribution in [0.2, 0.25) is 0 Å². The summed E-state index contributed by atoms with van der Waals surface area (Å²) < 4.78 is 26.0. The third-order valence-electron chi connectivity index (χ3n) is 3.58. The molecule has 0 aromatic heterocycles. The van der Waals surface area contributed by atoms with Gasteiger partial charge >= 0.3 is 5.97 Å². The first-order chi connectivity index (χ1) is 8.94. The molecule has 0 amide bonds. The fourth-order valence-electron chi connectivity index (χ4n) is 2.48. The van der Waals surface area contributed by atoms with Gasteiger partial charge in [-0.1, -0.05) is 25.0 Å². The van der Waals surface area contributed by atoms with Gasteiger partial charge in [-0.15, -0.1) is 0 Å². The number of carboxylic acids is 1. The number of sulfonamides is 1. The lowest BCUT2D eigenvalue weighted by Crippen LogP contribution is -2.35. The number of benzene rings is 1. The normalized spacial score (nSPS) is 16.5. The highest BCUT2D eigenvalue weighted by molar-refractivity contribution is 7.93. The van der Waals surface area contributed by atoms with Crippen LogP contribution in [0.15, 0.2) is 24.3 Å². The summed E-state index contributed by atoms with van der Waals surface area (Å²) in [5.74, 6) is -1.12. The minimum absolute atomic E-state index is 0.00609. The zero-order valence-corrected chi connectivity index (χ0v) is 11.6. The number of carboxylic acid groups (broad SMARTS) is 1. The van der Waals surface area contributed by atoms with Gasteiger partial charge in [0.1, 0.15) is 0 Å². The highest BCUT2D eigenvalue weighted by atomic mass is 32.2. The van der Waals surface area contributed by atoms with E-state index >= 15 is 0 Å². The van der Waals surface area contributed by atoms with Crippen molar-refractivity contribution in [2.45, 2.75) is 30.9 Å².